The summed E-state index contributed by atoms with van der Waals surface area (Å²) in [5.41, 5.74) is -0.0278. The van der Waals surface area contributed by atoms with Crippen molar-refractivity contribution in [3.63, 3.8) is 0 Å². The summed E-state index contributed by atoms with van der Waals surface area (Å²) in [6.07, 6.45) is 0.803. The van der Waals surface area contributed by atoms with Crippen molar-refractivity contribution >= 4 is 57.6 Å². The molecule has 1 heterocycles. The van der Waals surface area contributed by atoms with Crippen molar-refractivity contribution in [1.29, 1.82) is 0 Å². The van der Waals surface area contributed by atoms with Crippen molar-refractivity contribution in [2.24, 2.45) is 0 Å². The van der Waals surface area contributed by atoms with E-state index in [1.54, 1.807) is 18.2 Å². The Morgan fingerprint density at radius 2 is 0.956 bits per heavy atom. The Morgan fingerprint density at radius 3 is 1.31 bits per heavy atom. The van der Waals surface area contributed by atoms with Gasteiger partial charge in [0.05, 0.1) is 5.02 Å². The van der Waals surface area contributed by atoms with Gasteiger partial charge in [-0.1, -0.05) is 89.4 Å². The van der Waals surface area contributed by atoms with Gasteiger partial charge in [-0.25, -0.2) is 18.4 Å². The minimum atomic E-state index is -6.00. The van der Waals surface area contributed by atoms with Gasteiger partial charge < -0.3 is 28.3 Å². The summed E-state index contributed by atoms with van der Waals surface area (Å²) in [6.45, 7) is 0. The van der Waals surface area contributed by atoms with E-state index in [4.69, 9.17) is 48.4 Å². The second kappa shape index (κ2) is 13.0. The second-order valence-electron chi connectivity index (χ2n) is 9.30. The topological polar surface area (TPSA) is 157 Å². The molecule has 0 saturated carbocycles. The van der Waals surface area contributed by atoms with Gasteiger partial charge in [0.1, 0.15) is 22.9 Å². The third kappa shape index (κ3) is 6.60. The van der Waals surface area contributed by atoms with Crippen LogP contribution in [-0.4, -0.2) is 24.5 Å². The van der Waals surface area contributed by atoms with Gasteiger partial charge in [0.15, 0.2) is 0 Å². The maximum Gasteiger partial charge on any atom is 0.432 e. The van der Waals surface area contributed by atoms with Crippen LogP contribution in [0.2, 0.25) is 15.1 Å². The molecule has 0 spiro atoms. The number of aromatic nitrogens is 2. The summed E-state index contributed by atoms with van der Waals surface area (Å²) in [6, 6.07) is 25.1. The van der Waals surface area contributed by atoms with Crippen molar-refractivity contribution in [2.45, 2.75) is 4.76 Å². The average molecular weight is 730 g/mol. The molecule has 17 heteroatoms. The second-order valence-corrected chi connectivity index (χ2v) is 17.3. The number of nitrogens with zero attached hydrogens (tertiary/aromatic N) is 2. The van der Waals surface area contributed by atoms with Gasteiger partial charge in [-0.05, 0) is 54.6 Å². The minimum Gasteiger partial charge on any atom is -0.422 e. The number of hydrogen-bond acceptors (Lipinski definition) is 7. The third-order valence-corrected chi connectivity index (χ3v) is 15.7. The van der Waals surface area contributed by atoms with Crippen LogP contribution in [0.4, 0.5) is 0 Å². The Morgan fingerprint density at radius 1 is 0.600 bits per heavy atom. The monoisotopic (exact) mass is 728 g/mol. The highest BCUT2D eigenvalue weighted by Gasteiger charge is 2.80. The van der Waals surface area contributed by atoms with Crippen molar-refractivity contribution in [3.05, 3.63) is 130 Å². The molecule has 3 unspecified atom stereocenters. The molecule has 45 heavy (non-hydrogen) atoms. The summed E-state index contributed by atoms with van der Waals surface area (Å²) >= 11 is 18.8. The highest BCUT2D eigenvalue weighted by Crippen LogP contribution is 2.88. The van der Waals surface area contributed by atoms with E-state index in [0.717, 1.165) is 6.20 Å². The summed E-state index contributed by atoms with van der Waals surface area (Å²) in [4.78, 5) is 35.3. The van der Waals surface area contributed by atoms with Crippen LogP contribution >= 0.6 is 57.6 Å². The van der Waals surface area contributed by atoms with Crippen LogP contribution in [0.3, 0.4) is 0 Å². The molecule has 0 aliphatic heterocycles. The normalized spacial score (nSPS) is 16.8. The van der Waals surface area contributed by atoms with Crippen LogP contribution in [0.1, 0.15) is 0 Å². The molecule has 11 nitrogen and oxygen atoms in total. The molecule has 0 saturated heterocycles. The molecule has 5 aromatic rings. The van der Waals surface area contributed by atoms with E-state index in [1.165, 1.54) is 91.0 Å². The third-order valence-electron chi connectivity index (χ3n) is 6.17. The van der Waals surface area contributed by atoms with E-state index >= 15 is 0 Å². The number of rotatable bonds is 11. The van der Waals surface area contributed by atoms with E-state index in [1.807, 2.05) is 0 Å². The van der Waals surface area contributed by atoms with E-state index in [-0.39, 0.29) is 43.6 Å². The first-order chi connectivity index (χ1) is 21.3. The molecule has 0 amide bonds. The largest absolute Gasteiger partial charge is 0.432 e. The van der Waals surface area contributed by atoms with E-state index in [9.17, 15) is 28.4 Å². The van der Waals surface area contributed by atoms with Crippen LogP contribution < -0.4 is 13.6 Å². The zero-order valence-electron chi connectivity index (χ0n) is 22.6. The van der Waals surface area contributed by atoms with Crippen molar-refractivity contribution in [1.82, 2.24) is 9.78 Å². The molecule has 1 aromatic heterocycles. The molecule has 3 atom stereocenters. The molecular weight excluding hydrogens is 708 g/mol. The quantitative estimate of drug-likeness (QED) is 0.112. The minimum absolute atomic E-state index is 0.162. The highest BCUT2D eigenvalue weighted by molar-refractivity contribution is 7.88. The number of halogens is 3. The predicted octanol–water partition coefficient (Wildman–Crippen LogP) is 8.87. The zero-order chi connectivity index (χ0) is 32.5. The molecule has 3 N–H and O–H groups in total. The Bertz CT molecular complexity index is 1800. The Kier molecular flexibility index (Phi) is 9.60. The van der Waals surface area contributed by atoms with Gasteiger partial charge in [-0.3, -0.25) is 0 Å². The lowest BCUT2D eigenvalue weighted by molar-refractivity contribution is 0.276. The maximum atomic E-state index is 14.6. The first kappa shape index (κ1) is 33.3. The number of hydrogen-bond donors (Lipinski definition) is 3. The first-order valence-corrected chi connectivity index (χ1v) is 18.6. The van der Waals surface area contributed by atoms with E-state index < -0.39 is 27.5 Å². The lowest BCUT2D eigenvalue weighted by atomic mass is 10.1. The predicted molar refractivity (Wildman–Crippen MR) is 171 cm³/mol. The zero-order valence-corrected chi connectivity index (χ0v) is 27.6. The fraction of sp³-hybridized carbons (Fsp3) is 0.0357. The molecule has 0 aliphatic rings. The molecule has 0 fully saturated rings. The molecule has 4 aromatic carbocycles. The fourth-order valence-corrected chi connectivity index (χ4v) is 12.3. The van der Waals surface area contributed by atoms with Gasteiger partial charge in [-0.2, -0.15) is 5.10 Å². The summed E-state index contributed by atoms with van der Waals surface area (Å²) in [5.74, 6) is -0.897. The fourth-order valence-electron chi connectivity index (χ4n) is 4.32. The van der Waals surface area contributed by atoms with Crippen molar-refractivity contribution in [3.8, 4) is 28.5 Å². The molecule has 234 valence electrons. The lowest BCUT2D eigenvalue weighted by Crippen LogP contribution is -2.38. The van der Waals surface area contributed by atoms with Gasteiger partial charge in [0.2, 0.25) is 0 Å². The Hall–Kier alpha value is -3.07. The van der Waals surface area contributed by atoms with Crippen LogP contribution in [0.25, 0.3) is 11.3 Å². The molecule has 0 radical (unpaired) electrons. The van der Waals surface area contributed by atoms with Gasteiger partial charge in [0.25, 0.3) is 0 Å². The molecular formula is C28H22Cl3N2O9P3. The van der Waals surface area contributed by atoms with Gasteiger partial charge in [0, 0.05) is 21.8 Å². The van der Waals surface area contributed by atoms with Crippen molar-refractivity contribution < 1.29 is 41.9 Å². The van der Waals surface area contributed by atoms with Gasteiger partial charge in [-0.15, -0.1) is 0 Å². The summed E-state index contributed by atoms with van der Waals surface area (Å²) < 4.78 is 56.4. The van der Waals surface area contributed by atoms with Crippen molar-refractivity contribution in [2.75, 3.05) is 0 Å². The summed E-state index contributed by atoms with van der Waals surface area (Å²) in [5, 5.41) is 4.22. The highest BCUT2D eigenvalue weighted by atomic mass is 35.5. The van der Waals surface area contributed by atoms with E-state index in [0.29, 0.717) is 4.68 Å². The van der Waals surface area contributed by atoms with E-state index in [2.05, 4.69) is 5.10 Å². The Balaban J connectivity index is 1.85. The van der Waals surface area contributed by atoms with Crippen LogP contribution in [0, 0.1) is 0 Å². The first-order valence-electron chi connectivity index (χ1n) is 12.7. The lowest BCUT2D eigenvalue weighted by Gasteiger charge is -2.39. The van der Waals surface area contributed by atoms with Crippen LogP contribution in [0.5, 0.6) is 17.2 Å². The molecule has 0 bridgehead atoms. The SMILES string of the molecule is O=P(O)(Oc1ccccc1)C(n1cc(Cl)c(-c2cc(Cl)cc(Cl)c2)n1)(P(=O)(O)Oc1ccccc1)P(=O)(O)Oc1ccccc1. The molecule has 0 aliphatic carbocycles. The average Bonchev–Trinajstić information content (AvgIpc) is 3.34. The number of benzene rings is 4. The summed E-state index contributed by atoms with van der Waals surface area (Å²) in [7, 11) is -18.0. The standard InChI is InChI=1S/C28H22Cl3N2O9P3/c29-21-16-20(17-22(30)18-21)27-26(31)19-33(32-27)28(43(34,35)40-23-10-4-1-5-11-23,44(36,37)41-24-12-6-2-7-13-24)45(38,39)42-25-14-8-3-9-15-25/h1-19H,(H,34,35)(H,36,37)(H,38,39). The number of para-hydroxylation sites is 3. The smallest absolute Gasteiger partial charge is 0.422 e. The van der Waals surface area contributed by atoms with Crippen LogP contribution in [-0.2, 0) is 18.5 Å². The van der Waals surface area contributed by atoms with Crippen LogP contribution in [0.15, 0.2) is 115 Å². The maximum absolute atomic E-state index is 14.6. The molecule has 5 rings (SSSR count). The Labute approximate surface area is 272 Å². The van der Waals surface area contributed by atoms with Gasteiger partial charge >= 0.3 is 27.5 Å².